The summed E-state index contributed by atoms with van der Waals surface area (Å²) in [4.78, 5) is 10.3. The molecule has 1 aliphatic rings. The molecule has 0 aliphatic carbocycles. The third-order valence-corrected chi connectivity index (χ3v) is 4.43. The highest BCUT2D eigenvalue weighted by Gasteiger charge is 2.36. The van der Waals surface area contributed by atoms with Crippen LogP contribution in [0.3, 0.4) is 0 Å². The van der Waals surface area contributed by atoms with E-state index in [0.29, 0.717) is 19.4 Å². The van der Waals surface area contributed by atoms with Crippen LogP contribution < -0.4 is 5.32 Å². The van der Waals surface area contributed by atoms with Crippen molar-refractivity contribution in [2.75, 3.05) is 13.2 Å². The minimum Gasteiger partial charge on any atom is -0.394 e. The molecule has 1 heterocycles. The van der Waals surface area contributed by atoms with Crippen LogP contribution >= 0.6 is 30.3 Å². The van der Waals surface area contributed by atoms with Crippen molar-refractivity contribution in [2.45, 2.75) is 24.6 Å². The summed E-state index contributed by atoms with van der Waals surface area (Å²) >= 11 is 2.13. The lowest BCUT2D eigenvalue weighted by Gasteiger charge is -2.23. The largest absolute Gasteiger partial charge is 0.394 e. The van der Waals surface area contributed by atoms with E-state index in [1.54, 1.807) is 0 Å². The monoisotopic (exact) mass is 332 g/mol. The van der Waals surface area contributed by atoms with E-state index < -0.39 is 6.10 Å². The summed E-state index contributed by atoms with van der Waals surface area (Å²) in [6.07, 6.45) is 0.612. The van der Waals surface area contributed by atoms with Crippen LogP contribution in [0.4, 0.5) is 0 Å². The van der Waals surface area contributed by atoms with Crippen LogP contribution in [0.5, 0.6) is 0 Å². The number of carbonyl (C=O) groups excluding carboxylic acids is 1. The Morgan fingerprint density at radius 1 is 1.79 bits per heavy atom. The maximum atomic E-state index is 10.3. The summed E-state index contributed by atoms with van der Waals surface area (Å²) in [5.41, 5.74) is 0. The van der Waals surface area contributed by atoms with Crippen molar-refractivity contribution < 1.29 is 15.0 Å². The predicted molar refractivity (Wildman–Crippen MR) is 62.8 cm³/mol. The van der Waals surface area contributed by atoms with Gasteiger partial charge in [0, 0.05) is 33.8 Å². The van der Waals surface area contributed by atoms with Gasteiger partial charge in [0.15, 0.2) is 0 Å². The van der Waals surface area contributed by atoms with Gasteiger partial charge >= 0.3 is 0 Å². The van der Waals surface area contributed by atoms with E-state index in [2.05, 4.69) is 26.5 Å². The van der Waals surface area contributed by atoms with E-state index in [0.717, 1.165) is 0 Å². The SMILES string of the molecule is O=CN[C@@H]1C[C@H](C(O)CO)N(SI)C1. The van der Waals surface area contributed by atoms with Crippen LogP contribution in [0.25, 0.3) is 0 Å². The predicted octanol–water partition coefficient (Wildman–Crippen LogP) is -0.473. The molecular formula is C7H13IN2O3S. The van der Waals surface area contributed by atoms with E-state index in [-0.39, 0.29) is 18.7 Å². The highest BCUT2D eigenvalue weighted by atomic mass is 127. The molecule has 1 saturated heterocycles. The fraction of sp³-hybridized carbons (Fsp3) is 0.857. The second-order valence-electron chi connectivity index (χ2n) is 3.20. The Labute approximate surface area is 99.0 Å². The Morgan fingerprint density at radius 3 is 3.00 bits per heavy atom. The molecule has 0 radical (unpaired) electrons. The molecule has 0 aromatic heterocycles. The van der Waals surface area contributed by atoms with Crippen LogP contribution in [0.1, 0.15) is 6.42 Å². The maximum Gasteiger partial charge on any atom is 0.207 e. The van der Waals surface area contributed by atoms with Crippen molar-refractivity contribution in [3.63, 3.8) is 0 Å². The zero-order valence-electron chi connectivity index (χ0n) is 7.47. The van der Waals surface area contributed by atoms with Gasteiger partial charge in [-0.2, -0.15) is 0 Å². The molecule has 1 aliphatic heterocycles. The first-order valence-electron chi connectivity index (χ1n) is 4.27. The topological polar surface area (TPSA) is 72.8 Å². The summed E-state index contributed by atoms with van der Waals surface area (Å²) in [5.74, 6) is 0. The van der Waals surface area contributed by atoms with Crippen molar-refractivity contribution in [2.24, 2.45) is 0 Å². The van der Waals surface area contributed by atoms with Crippen molar-refractivity contribution in [1.29, 1.82) is 0 Å². The lowest BCUT2D eigenvalue weighted by atomic mass is 10.1. The molecule has 3 atom stereocenters. The van der Waals surface area contributed by atoms with Crippen LogP contribution in [0.15, 0.2) is 0 Å². The number of hydrogen-bond donors (Lipinski definition) is 3. The number of amides is 1. The molecule has 1 unspecified atom stereocenters. The zero-order chi connectivity index (χ0) is 10.6. The normalized spacial score (nSPS) is 30.2. The summed E-state index contributed by atoms with van der Waals surface area (Å²) in [7, 11) is 1.49. The van der Waals surface area contributed by atoms with E-state index in [1.165, 1.54) is 9.12 Å². The molecule has 3 N–H and O–H groups in total. The van der Waals surface area contributed by atoms with Crippen molar-refractivity contribution in [3.8, 4) is 0 Å². The van der Waals surface area contributed by atoms with Crippen molar-refractivity contribution in [3.05, 3.63) is 0 Å². The molecule has 1 rings (SSSR count). The van der Waals surface area contributed by atoms with Gasteiger partial charge < -0.3 is 15.5 Å². The number of carbonyl (C=O) groups is 1. The van der Waals surface area contributed by atoms with Gasteiger partial charge in [-0.25, -0.2) is 4.31 Å². The molecular weight excluding hydrogens is 319 g/mol. The smallest absolute Gasteiger partial charge is 0.207 e. The quantitative estimate of drug-likeness (QED) is 0.361. The van der Waals surface area contributed by atoms with Gasteiger partial charge in [0.05, 0.1) is 18.8 Å². The average molecular weight is 332 g/mol. The molecule has 7 heteroatoms. The van der Waals surface area contributed by atoms with Crippen LogP contribution in [0, 0.1) is 0 Å². The first kappa shape index (κ1) is 12.5. The molecule has 0 spiro atoms. The van der Waals surface area contributed by atoms with Gasteiger partial charge in [-0.15, -0.1) is 0 Å². The van der Waals surface area contributed by atoms with Gasteiger partial charge in [-0.3, -0.25) is 4.79 Å². The second kappa shape index (κ2) is 6.11. The summed E-state index contributed by atoms with van der Waals surface area (Å²) in [6, 6.07) is -0.0136. The van der Waals surface area contributed by atoms with Crippen LogP contribution in [0.2, 0.25) is 0 Å². The van der Waals surface area contributed by atoms with Gasteiger partial charge in [0.2, 0.25) is 6.41 Å². The Bertz CT molecular complexity index is 198. The molecule has 5 nitrogen and oxygen atoms in total. The molecule has 1 amide bonds. The fourth-order valence-electron chi connectivity index (χ4n) is 1.60. The van der Waals surface area contributed by atoms with Gasteiger partial charge in [-0.1, -0.05) is 0 Å². The molecule has 1 fully saturated rings. The summed E-state index contributed by atoms with van der Waals surface area (Å²) < 4.78 is 1.97. The molecule has 0 saturated carbocycles. The first-order valence-corrected chi connectivity index (χ1v) is 7.58. The van der Waals surface area contributed by atoms with Crippen LogP contribution in [-0.2, 0) is 4.79 Å². The van der Waals surface area contributed by atoms with Gasteiger partial charge in [0.25, 0.3) is 0 Å². The Balaban J connectivity index is 2.52. The number of nitrogens with one attached hydrogen (secondary N) is 1. The highest BCUT2D eigenvalue weighted by Crippen LogP contribution is 2.31. The lowest BCUT2D eigenvalue weighted by molar-refractivity contribution is -0.110. The fourth-order valence-corrected chi connectivity index (χ4v) is 3.53. The Morgan fingerprint density at radius 2 is 2.50 bits per heavy atom. The minimum absolute atomic E-state index is 0.0703. The molecule has 82 valence electrons. The Hall–Kier alpha value is 0.430. The van der Waals surface area contributed by atoms with Crippen molar-refractivity contribution >= 4 is 36.7 Å². The standard InChI is InChI=1S/C7H13IN2O3S/c8-14-10-2-5(9-4-12)1-6(10)7(13)3-11/h4-7,11,13H,1-3H2,(H,9,12)/t5-,6-,7?/m1/s1. The van der Waals surface area contributed by atoms with Gasteiger partial charge in [0.1, 0.15) is 0 Å². The minimum atomic E-state index is -0.740. The number of aliphatic hydroxyl groups excluding tert-OH is 2. The zero-order valence-corrected chi connectivity index (χ0v) is 10.4. The van der Waals surface area contributed by atoms with Gasteiger partial charge in [-0.05, 0) is 15.5 Å². The third kappa shape index (κ3) is 2.96. The molecule has 14 heavy (non-hydrogen) atoms. The first-order chi connectivity index (χ1) is 6.72. The van der Waals surface area contributed by atoms with Crippen molar-refractivity contribution in [1.82, 2.24) is 9.62 Å². The third-order valence-electron chi connectivity index (χ3n) is 2.32. The lowest BCUT2D eigenvalue weighted by Crippen LogP contribution is -2.36. The van der Waals surface area contributed by atoms with E-state index in [9.17, 15) is 9.90 Å². The average Bonchev–Trinajstić information content (AvgIpc) is 2.60. The molecule has 0 bridgehead atoms. The molecule has 0 aromatic carbocycles. The van der Waals surface area contributed by atoms with E-state index >= 15 is 0 Å². The molecule has 0 aromatic rings. The van der Waals surface area contributed by atoms with E-state index in [4.69, 9.17) is 5.11 Å². The van der Waals surface area contributed by atoms with Crippen LogP contribution in [-0.4, -0.2) is 52.3 Å². The second-order valence-corrected chi connectivity index (χ2v) is 4.99. The van der Waals surface area contributed by atoms with E-state index in [1.807, 2.05) is 4.31 Å². The number of hydrogen-bond acceptors (Lipinski definition) is 5. The number of rotatable bonds is 5. The number of nitrogens with zero attached hydrogens (tertiary/aromatic N) is 1. The highest BCUT2D eigenvalue weighted by molar-refractivity contribution is 14.2. The number of halogens is 1. The number of aliphatic hydroxyl groups is 2. The summed E-state index contributed by atoms with van der Waals surface area (Å²) in [6.45, 7) is 0.459. The maximum absolute atomic E-state index is 10.3. The Kier molecular flexibility index (Phi) is 5.45. The summed E-state index contributed by atoms with van der Waals surface area (Å²) in [5, 5.41) is 21.1.